The lowest BCUT2D eigenvalue weighted by atomic mass is 9.89. The number of rotatable bonds is 4. The molecule has 1 unspecified atom stereocenters. The quantitative estimate of drug-likeness (QED) is 0.796. The highest BCUT2D eigenvalue weighted by Gasteiger charge is 2.23. The minimum Gasteiger partial charge on any atom is -0.493 e. The van der Waals surface area contributed by atoms with Gasteiger partial charge in [0.05, 0.1) is 12.7 Å². The number of benzene rings is 2. The molecule has 0 amide bonds. The molecule has 0 aliphatic heterocycles. The fraction of sp³-hybridized carbons (Fsp3) is 0.278. The van der Waals surface area contributed by atoms with Crippen molar-refractivity contribution in [3.8, 4) is 11.5 Å². The monoisotopic (exact) mass is 282 g/mol. The fourth-order valence-electron chi connectivity index (χ4n) is 2.89. The van der Waals surface area contributed by atoms with E-state index in [1.54, 1.807) is 19.2 Å². The summed E-state index contributed by atoms with van der Waals surface area (Å²) < 4.78 is 11.5. The zero-order valence-electron chi connectivity index (χ0n) is 12.0. The van der Waals surface area contributed by atoms with E-state index in [1.807, 2.05) is 12.1 Å². The van der Waals surface area contributed by atoms with Gasteiger partial charge in [-0.2, -0.15) is 0 Å². The smallest absolute Gasteiger partial charge is 0.172 e. The maximum absolute atomic E-state index is 11.2. The minimum absolute atomic E-state index is 0.0232. The molecule has 1 aliphatic rings. The molecular weight excluding hydrogens is 264 g/mol. The first-order valence-electron chi connectivity index (χ1n) is 7.20. The summed E-state index contributed by atoms with van der Waals surface area (Å²) in [6, 6.07) is 13.7. The number of aldehydes is 1. The molecule has 2 aromatic carbocycles. The van der Waals surface area contributed by atoms with E-state index in [0.29, 0.717) is 17.1 Å². The van der Waals surface area contributed by atoms with Gasteiger partial charge in [-0.3, -0.25) is 4.79 Å². The normalized spacial score (nSPS) is 16.9. The number of carbonyl (C=O) groups is 1. The highest BCUT2D eigenvalue weighted by Crippen LogP contribution is 2.38. The van der Waals surface area contributed by atoms with Gasteiger partial charge in [-0.05, 0) is 42.5 Å². The number of carbonyl (C=O) groups excluding carboxylic acids is 1. The molecule has 0 saturated heterocycles. The third-order valence-corrected chi connectivity index (χ3v) is 3.93. The Hall–Kier alpha value is -2.29. The zero-order valence-corrected chi connectivity index (χ0v) is 12.0. The van der Waals surface area contributed by atoms with Gasteiger partial charge in [0, 0.05) is 0 Å². The topological polar surface area (TPSA) is 35.5 Å². The number of fused-ring (bicyclic) bond motifs is 1. The van der Waals surface area contributed by atoms with Gasteiger partial charge in [-0.25, -0.2) is 0 Å². The van der Waals surface area contributed by atoms with Crippen LogP contribution in [-0.2, 0) is 6.42 Å². The summed E-state index contributed by atoms with van der Waals surface area (Å²) in [5.74, 6) is 1.14. The summed E-state index contributed by atoms with van der Waals surface area (Å²) in [6.07, 6.45) is 3.92. The second-order valence-electron chi connectivity index (χ2n) is 5.19. The largest absolute Gasteiger partial charge is 0.493 e. The number of para-hydroxylation sites is 1. The van der Waals surface area contributed by atoms with Crippen molar-refractivity contribution in [1.29, 1.82) is 0 Å². The number of ether oxygens (including phenoxy) is 2. The van der Waals surface area contributed by atoms with Crippen molar-refractivity contribution in [2.45, 2.75) is 25.4 Å². The molecule has 0 bridgehead atoms. The molecule has 0 saturated carbocycles. The van der Waals surface area contributed by atoms with Gasteiger partial charge >= 0.3 is 0 Å². The van der Waals surface area contributed by atoms with Gasteiger partial charge in [0.2, 0.25) is 0 Å². The first-order chi connectivity index (χ1) is 10.3. The highest BCUT2D eigenvalue weighted by atomic mass is 16.5. The Labute approximate surface area is 124 Å². The molecule has 21 heavy (non-hydrogen) atoms. The Balaban J connectivity index is 1.97. The van der Waals surface area contributed by atoms with E-state index in [4.69, 9.17) is 9.47 Å². The number of methoxy groups -OCH3 is 1. The van der Waals surface area contributed by atoms with Crippen LogP contribution in [0.3, 0.4) is 0 Å². The van der Waals surface area contributed by atoms with Crippen LogP contribution in [0.25, 0.3) is 0 Å². The summed E-state index contributed by atoms with van der Waals surface area (Å²) >= 11 is 0. The number of aryl methyl sites for hydroxylation is 1. The van der Waals surface area contributed by atoms with Crippen molar-refractivity contribution >= 4 is 6.29 Å². The molecule has 1 aliphatic carbocycles. The van der Waals surface area contributed by atoms with Crippen LogP contribution in [0.4, 0.5) is 0 Å². The molecule has 3 rings (SSSR count). The average Bonchev–Trinajstić information content (AvgIpc) is 2.55. The molecule has 0 radical (unpaired) electrons. The van der Waals surface area contributed by atoms with Crippen LogP contribution >= 0.6 is 0 Å². The molecule has 108 valence electrons. The molecule has 0 N–H and O–H groups in total. The predicted octanol–water partition coefficient (Wildman–Crippen LogP) is 3.96. The zero-order chi connectivity index (χ0) is 14.7. The van der Waals surface area contributed by atoms with E-state index in [1.165, 1.54) is 11.1 Å². The van der Waals surface area contributed by atoms with E-state index in [-0.39, 0.29) is 6.10 Å². The Bertz CT molecular complexity index is 649. The van der Waals surface area contributed by atoms with Crippen molar-refractivity contribution in [2.24, 2.45) is 0 Å². The summed E-state index contributed by atoms with van der Waals surface area (Å²) in [5, 5.41) is 0. The summed E-state index contributed by atoms with van der Waals surface area (Å²) in [4.78, 5) is 11.2. The van der Waals surface area contributed by atoms with Gasteiger partial charge in [0.1, 0.15) is 6.10 Å². The lowest BCUT2D eigenvalue weighted by Crippen LogP contribution is -2.16. The van der Waals surface area contributed by atoms with E-state index in [2.05, 4.69) is 18.2 Å². The Kier molecular flexibility index (Phi) is 3.91. The van der Waals surface area contributed by atoms with Gasteiger partial charge < -0.3 is 9.47 Å². The number of hydrogen-bond acceptors (Lipinski definition) is 3. The van der Waals surface area contributed by atoms with Crippen LogP contribution in [-0.4, -0.2) is 13.4 Å². The van der Waals surface area contributed by atoms with Crippen LogP contribution < -0.4 is 9.47 Å². The minimum atomic E-state index is -0.0232. The standard InChI is InChI=1S/C18H18O3/c1-20-17-11-5-8-14(12-19)18(17)21-16-10-4-7-13-6-2-3-9-15(13)16/h2-3,5-6,8-9,11-12,16H,4,7,10H2,1H3. The fourth-order valence-corrected chi connectivity index (χ4v) is 2.89. The molecule has 0 aromatic heterocycles. The summed E-state index contributed by atoms with van der Waals surface area (Å²) in [6.45, 7) is 0. The van der Waals surface area contributed by atoms with Crippen molar-refractivity contribution in [1.82, 2.24) is 0 Å². The van der Waals surface area contributed by atoms with Gasteiger partial charge in [-0.15, -0.1) is 0 Å². The van der Waals surface area contributed by atoms with Crippen LogP contribution in [0.15, 0.2) is 42.5 Å². The summed E-state index contributed by atoms with van der Waals surface area (Å²) in [5.41, 5.74) is 3.07. The molecule has 3 nitrogen and oxygen atoms in total. The van der Waals surface area contributed by atoms with Crippen LogP contribution in [0.5, 0.6) is 11.5 Å². The highest BCUT2D eigenvalue weighted by molar-refractivity contribution is 5.81. The van der Waals surface area contributed by atoms with Crippen LogP contribution in [0, 0.1) is 0 Å². The first-order valence-corrected chi connectivity index (χ1v) is 7.20. The van der Waals surface area contributed by atoms with Crippen molar-refractivity contribution in [3.63, 3.8) is 0 Å². The molecular formula is C18H18O3. The lowest BCUT2D eigenvalue weighted by Gasteiger charge is -2.27. The maximum Gasteiger partial charge on any atom is 0.172 e. The van der Waals surface area contributed by atoms with E-state index < -0.39 is 0 Å². The molecule has 3 heteroatoms. The van der Waals surface area contributed by atoms with Gasteiger partial charge in [0.25, 0.3) is 0 Å². The third kappa shape index (κ3) is 2.64. The van der Waals surface area contributed by atoms with Crippen LogP contribution in [0.2, 0.25) is 0 Å². The van der Waals surface area contributed by atoms with E-state index >= 15 is 0 Å². The summed E-state index contributed by atoms with van der Waals surface area (Å²) in [7, 11) is 1.59. The van der Waals surface area contributed by atoms with E-state index in [0.717, 1.165) is 25.5 Å². The Morgan fingerprint density at radius 3 is 2.81 bits per heavy atom. The van der Waals surface area contributed by atoms with Gasteiger partial charge in [0.15, 0.2) is 17.8 Å². The van der Waals surface area contributed by atoms with Crippen molar-refractivity contribution in [2.75, 3.05) is 7.11 Å². The third-order valence-electron chi connectivity index (χ3n) is 3.93. The second-order valence-corrected chi connectivity index (χ2v) is 5.19. The van der Waals surface area contributed by atoms with Crippen molar-refractivity contribution < 1.29 is 14.3 Å². The molecule has 0 spiro atoms. The van der Waals surface area contributed by atoms with E-state index in [9.17, 15) is 4.79 Å². The maximum atomic E-state index is 11.2. The molecule has 0 heterocycles. The Morgan fingerprint density at radius 2 is 2.00 bits per heavy atom. The average molecular weight is 282 g/mol. The Morgan fingerprint density at radius 1 is 1.14 bits per heavy atom. The first kappa shape index (κ1) is 13.7. The lowest BCUT2D eigenvalue weighted by molar-refractivity contribution is 0.111. The van der Waals surface area contributed by atoms with Crippen molar-refractivity contribution in [3.05, 3.63) is 59.2 Å². The molecule has 2 aromatic rings. The predicted molar refractivity (Wildman–Crippen MR) is 81.1 cm³/mol. The molecule has 0 fully saturated rings. The molecule has 1 atom stereocenters. The SMILES string of the molecule is COc1cccc(C=O)c1OC1CCCc2ccccc21. The number of hydrogen-bond donors (Lipinski definition) is 0. The second kappa shape index (κ2) is 6.00. The van der Waals surface area contributed by atoms with Crippen LogP contribution in [0.1, 0.15) is 40.4 Å². The van der Waals surface area contributed by atoms with Gasteiger partial charge in [-0.1, -0.05) is 30.3 Å².